The number of hydrogen-bond acceptors (Lipinski definition) is 3. The third-order valence-corrected chi connectivity index (χ3v) is 3.83. The Balaban J connectivity index is 2.78. The Kier molecular flexibility index (Phi) is 4.33. The molecule has 94 valence electrons. The van der Waals surface area contributed by atoms with Gasteiger partial charge in [-0.25, -0.2) is 0 Å². The number of hydrogen-bond donors (Lipinski definition) is 2. The van der Waals surface area contributed by atoms with Crippen molar-refractivity contribution in [3.63, 3.8) is 0 Å². The summed E-state index contributed by atoms with van der Waals surface area (Å²) >= 11 is 0. The Bertz CT molecular complexity index is 253. The molecule has 1 aliphatic heterocycles. The average Bonchev–Trinajstić information content (AvgIpc) is 2.23. The molecular weight excluding hydrogens is 204 g/mol. The summed E-state index contributed by atoms with van der Waals surface area (Å²) < 4.78 is 0. The number of piperidine rings is 1. The van der Waals surface area contributed by atoms with Gasteiger partial charge in [-0.2, -0.15) is 0 Å². The van der Waals surface area contributed by atoms with Gasteiger partial charge in [0.15, 0.2) is 0 Å². The highest BCUT2D eigenvalue weighted by molar-refractivity contribution is 5.79. The SMILES string of the molecule is CCC(C)NC1(C(=O)O)CCN(C)C(C)C1. The third-order valence-electron chi connectivity index (χ3n) is 3.83. The van der Waals surface area contributed by atoms with Gasteiger partial charge >= 0.3 is 5.97 Å². The van der Waals surface area contributed by atoms with Crippen molar-refractivity contribution < 1.29 is 9.90 Å². The molecule has 16 heavy (non-hydrogen) atoms. The zero-order valence-electron chi connectivity index (χ0n) is 10.8. The lowest BCUT2D eigenvalue weighted by Crippen LogP contribution is -2.62. The van der Waals surface area contributed by atoms with Crippen LogP contribution in [0.3, 0.4) is 0 Å². The van der Waals surface area contributed by atoms with Gasteiger partial charge in [0.25, 0.3) is 0 Å². The third kappa shape index (κ3) is 2.74. The minimum atomic E-state index is -0.721. The zero-order valence-corrected chi connectivity index (χ0v) is 10.8. The Hall–Kier alpha value is -0.610. The van der Waals surface area contributed by atoms with Crippen molar-refractivity contribution in [3.05, 3.63) is 0 Å². The molecule has 3 atom stereocenters. The quantitative estimate of drug-likeness (QED) is 0.762. The van der Waals surface area contributed by atoms with Crippen molar-refractivity contribution >= 4 is 5.97 Å². The number of carboxylic acid groups (broad SMARTS) is 1. The van der Waals surface area contributed by atoms with Crippen molar-refractivity contribution in [1.29, 1.82) is 0 Å². The summed E-state index contributed by atoms with van der Waals surface area (Å²) in [6.45, 7) is 7.06. The first kappa shape index (κ1) is 13.5. The van der Waals surface area contributed by atoms with Crippen LogP contribution in [-0.2, 0) is 4.79 Å². The molecule has 0 aromatic rings. The van der Waals surface area contributed by atoms with E-state index in [0.717, 1.165) is 13.0 Å². The summed E-state index contributed by atoms with van der Waals surface area (Å²) in [6, 6.07) is 0.577. The van der Waals surface area contributed by atoms with Crippen molar-refractivity contribution in [2.75, 3.05) is 13.6 Å². The van der Waals surface area contributed by atoms with E-state index in [1.807, 2.05) is 6.92 Å². The summed E-state index contributed by atoms with van der Waals surface area (Å²) in [7, 11) is 2.06. The summed E-state index contributed by atoms with van der Waals surface area (Å²) in [5.74, 6) is -0.701. The fourth-order valence-corrected chi connectivity index (χ4v) is 2.31. The highest BCUT2D eigenvalue weighted by Crippen LogP contribution is 2.27. The van der Waals surface area contributed by atoms with Crippen molar-refractivity contribution in [1.82, 2.24) is 10.2 Å². The van der Waals surface area contributed by atoms with Gasteiger partial charge in [-0.1, -0.05) is 6.92 Å². The van der Waals surface area contributed by atoms with E-state index in [0.29, 0.717) is 18.9 Å². The molecule has 1 rings (SSSR count). The van der Waals surface area contributed by atoms with Crippen LogP contribution in [0.1, 0.15) is 40.0 Å². The molecule has 1 aliphatic rings. The van der Waals surface area contributed by atoms with E-state index >= 15 is 0 Å². The van der Waals surface area contributed by atoms with E-state index < -0.39 is 11.5 Å². The van der Waals surface area contributed by atoms with E-state index in [1.54, 1.807) is 0 Å². The van der Waals surface area contributed by atoms with Gasteiger partial charge in [0, 0.05) is 18.6 Å². The first-order chi connectivity index (χ1) is 7.41. The molecule has 0 amide bonds. The van der Waals surface area contributed by atoms with E-state index in [1.165, 1.54) is 0 Å². The molecular formula is C12H24N2O2. The molecule has 1 fully saturated rings. The van der Waals surface area contributed by atoms with Gasteiger partial charge in [-0.3, -0.25) is 10.1 Å². The maximum atomic E-state index is 11.5. The minimum absolute atomic E-state index is 0.256. The summed E-state index contributed by atoms with van der Waals surface area (Å²) in [5, 5.41) is 12.8. The number of nitrogens with zero attached hydrogens (tertiary/aromatic N) is 1. The fourth-order valence-electron chi connectivity index (χ4n) is 2.31. The molecule has 4 nitrogen and oxygen atoms in total. The smallest absolute Gasteiger partial charge is 0.324 e. The van der Waals surface area contributed by atoms with Crippen LogP contribution in [0.25, 0.3) is 0 Å². The first-order valence-corrected chi connectivity index (χ1v) is 6.12. The summed E-state index contributed by atoms with van der Waals surface area (Å²) in [6.07, 6.45) is 2.33. The number of aliphatic carboxylic acids is 1. The van der Waals surface area contributed by atoms with Crippen LogP contribution in [0.15, 0.2) is 0 Å². The first-order valence-electron chi connectivity index (χ1n) is 6.12. The van der Waals surface area contributed by atoms with Crippen LogP contribution in [0.5, 0.6) is 0 Å². The Morgan fingerprint density at radius 3 is 2.75 bits per heavy atom. The summed E-state index contributed by atoms with van der Waals surface area (Å²) in [5.41, 5.74) is -0.721. The van der Waals surface area contributed by atoms with Crippen molar-refractivity contribution in [2.45, 2.75) is 57.7 Å². The van der Waals surface area contributed by atoms with Crippen LogP contribution < -0.4 is 5.32 Å². The number of carboxylic acids is 1. The predicted octanol–water partition coefficient (Wildman–Crippen LogP) is 1.31. The van der Waals surface area contributed by atoms with Crippen molar-refractivity contribution in [3.8, 4) is 0 Å². The molecule has 1 saturated heterocycles. The highest BCUT2D eigenvalue weighted by atomic mass is 16.4. The monoisotopic (exact) mass is 228 g/mol. The molecule has 0 saturated carbocycles. The van der Waals surface area contributed by atoms with Crippen LogP contribution in [0.4, 0.5) is 0 Å². The summed E-state index contributed by atoms with van der Waals surface area (Å²) in [4.78, 5) is 13.7. The fraction of sp³-hybridized carbons (Fsp3) is 0.917. The van der Waals surface area contributed by atoms with Crippen LogP contribution >= 0.6 is 0 Å². The van der Waals surface area contributed by atoms with E-state index in [2.05, 4.69) is 31.1 Å². The van der Waals surface area contributed by atoms with Crippen LogP contribution in [-0.4, -0.2) is 47.2 Å². The molecule has 1 heterocycles. The molecule has 0 spiro atoms. The molecule has 0 bridgehead atoms. The van der Waals surface area contributed by atoms with Gasteiger partial charge < -0.3 is 10.0 Å². The van der Waals surface area contributed by atoms with E-state index in [9.17, 15) is 9.90 Å². The number of rotatable bonds is 4. The van der Waals surface area contributed by atoms with Gasteiger partial charge in [0.05, 0.1) is 0 Å². The molecule has 0 aromatic carbocycles. The second-order valence-corrected chi connectivity index (χ2v) is 5.12. The van der Waals surface area contributed by atoms with Crippen LogP contribution in [0.2, 0.25) is 0 Å². The Morgan fingerprint density at radius 1 is 1.69 bits per heavy atom. The number of likely N-dealkylation sites (tertiary alicyclic amines) is 1. The maximum absolute atomic E-state index is 11.5. The lowest BCUT2D eigenvalue weighted by Gasteiger charge is -2.43. The topological polar surface area (TPSA) is 52.6 Å². The molecule has 3 unspecified atom stereocenters. The van der Waals surface area contributed by atoms with E-state index in [-0.39, 0.29) is 6.04 Å². The Morgan fingerprint density at radius 2 is 2.31 bits per heavy atom. The van der Waals surface area contributed by atoms with Gasteiger partial charge in [-0.05, 0) is 40.2 Å². The molecule has 0 radical (unpaired) electrons. The molecule has 0 aliphatic carbocycles. The average molecular weight is 228 g/mol. The van der Waals surface area contributed by atoms with Gasteiger partial charge in [-0.15, -0.1) is 0 Å². The molecule has 2 N–H and O–H groups in total. The van der Waals surface area contributed by atoms with Gasteiger partial charge in [0.1, 0.15) is 5.54 Å². The normalized spacial score (nSPS) is 33.6. The van der Waals surface area contributed by atoms with E-state index in [4.69, 9.17) is 0 Å². The standard InChI is InChI=1S/C12H24N2O2/c1-5-9(2)13-12(11(15)16)6-7-14(4)10(3)8-12/h9-10,13H,5-8H2,1-4H3,(H,15,16). The second-order valence-electron chi connectivity index (χ2n) is 5.12. The lowest BCUT2D eigenvalue weighted by atomic mass is 9.83. The highest BCUT2D eigenvalue weighted by Gasteiger charge is 2.43. The Labute approximate surface area is 98.0 Å². The van der Waals surface area contributed by atoms with Gasteiger partial charge in [0.2, 0.25) is 0 Å². The van der Waals surface area contributed by atoms with Crippen molar-refractivity contribution in [2.24, 2.45) is 0 Å². The van der Waals surface area contributed by atoms with Crippen LogP contribution in [0, 0.1) is 0 Å². The predicted molar refractivity (Wildman–Crippen MR) is 64.6 cm³/mol. The number of nitrogens with one attached hydrogen (secondary N) is 1. The second kappa shape index (κ2) is 5.15. The largest absolute Gasteiger partial charge is 0.480 e. The molecule has 4 heteroatoms. The lowest BCUT2D eigenvalue weighted by molar-refractivity contribution is -0.148. The zero-order chi connectivity index (χ0) is 12.3. The molecule has 0 aromatic heterocycles. The number of carbonyl (C=O) groups is 1. The minimum Gasteiger partial charge on any atom is -0.480 e. The maximum Gasteiger partial charge on any atom is 0.324 e.